The summed E-state index contributed by atoms with van der Waals surface area (Å²) in [5, 5.41) is 7.97. The van der Waals surface area contributed by atoms with Crippen LogP contribution in [-0.4, -0.2) is 14.8 Å². The first-order valence-corrected chi connectivity index (χ1v) is 6.29. The Morgan fingerprint density at radius 3 is 2.61 bits per heavy atom. The fourth-order valence-electron chi connectivity index (χ4n) is 1.98. The molecule has 0 fully saturated rings. The number of nitrogens with one attached hydrogen (secondary N) is 1. The number of rotatable bonds is 4. The van der Waals surface area contributed by atoms with E-state index in [-0.39, 0.29) is 6.04 Å². The van der Waals surface area contributed by atoms with Crippen LogP contribution in [-0.2, 0) is 7.05 Å². The van der Waals surface area contributed by atoms with Crippen molar-refractivity contribution in [2.75, 3.05) is 5.32 Å². The van der Waals surface area contributed by atoms with Crippen molar-refractivity contribution in [2.24, 2.45) is 7.05 Å². The van der Waals surface area contributed by atoms with Gasteiger partial charge in [-0.2, -0.15) is 5.10 Å². The lowest BCUT2D eigenvalue weighted by Gasteiger charge is -2.15. The van der Waals surface area contributed by atoms with Gasteiger partial charge in [0.15, 0.2) is 0 Å². The van der Waals surface area contributed by atoms with Crippen LogP contribution in [0.2, 0.25) is 0 Å². The van der Waals surface area contributed by atoms with Gasteiger partial charge in [0.05, 0.1) is 23.1 Å². The summed E-state index contributed by atoms with van der Waals surface area (Å²) < 4.78 is 1.85. The molecule has 0 aliphatic carbocycles. The van der Waals surface area contributed by atoms with Gasteiger partial charge >= 0.3 is 0 Å². The van der Waals surface area contributed by atoms with Crippen molar-refractivity contribution in [2.45, 2.75) is 32.7 Å². The summed E-state index contributed by atoms with van der Waals surface area (Å²) in [6.07, 6.45) is 3.84. The van der Waals surface area contributed by atoms with Crippen LogP contribution in [0.3, 0.4) is 0 Å². The normalized spacial score (nSPS) is 12.7. The molecule has 4 heteroatoms. The number of nitrogens with zero attached hydrogens (tertiary/aromatic N) is 3. The molecular weight excluding hydrogens is 224 g/mol. The van der Waals surface area contributed by atoms with Crippen molar-refractivity contribution in [1.82, 2.24) is 14.8 Å². The second-order valence-corrected chi connectivity index (χ2v) is 4.88. The molecule has 2 aromatic heterocycles. The monoisotopic (exact) mass is 244 g/mol. The van der Waals surface area contributed by atoms with E-state index in [0.29, 0.717) is 5.92 Å². The lowest BCUT2D eigenvalue weighted by molar-refractivity contribution is 0.712. The zero-order valence-electron chi connectivity index (χ0n) is 11.4. The number of hydrogen-bond donors (Lipinski definition) is 1. The van der Waals surface area contributed by atoms with Crippen LogP contribution >= 0.6 is 0 Å². The molecule has 2 rings (SSSR count). The third-order valence-electron chi connectivity index (χ3n) is 2.91. The molecule has 1 N–H and O–H groups in total. The molecule has 0 saturated heterocycles. The minimum absolute atomic E-state index is 0.174. The van der Waals surface area contributed by atoms with Gasteiger partial charge in [0.25, 0.3) is 0 Å². The topological polar surface area (TPSA) is 42.7 Å². The SMILES string of the molecule is CC(C)c1nn(C)cc1NC(C)c1ccccn1. The van der Waals surface area contributed by atoms with Gasteiger partial charge in [0.2, 0.25) is 0 Å². The largest absolute Gasteiger partial charge is 0.374 e. The molecule has 96 valence electrons. The first-order chi connectivity index (χ1) is 8.58. The summed E-state index contributed by atoms with van der Waals surface area (Å²) in [5.74, 6) is 0.407. The summed E-state index contributed by atoms with van der Waals surface area (Å²) in [6.45, 7) is 6.41. The van der Waals surface area contributed by atoms with Crippen molar-refractivity contribution in [3.63, 3.8) is 0 Å². The highest BCUT2D eigenvalue weighted by molar-refractivity contribution is 5.49. The van der Waals surface area contributed by atoms with Crippen molar-refractivity contribution in [3.8, 4) is 0 Å². The molecule has 0 spiro atoms. The molecule has 0 aromatic carbocycles. The van der Waals surface area contributed by atoms with Crippen LogP contribution in [0.15, 0.2) is 30.6 Å². The summed E-state index contributed by atoms with van der Waals surface area (Å²) in [5.41, 5.74) is 3.22. The number of hydrogen-bond acceptors (Lipinski definition) is 3. The maximum absolute atomic E-state index is 4.49. The Bertz CT molecular complexity index is 502. The van der Waals surface area contributed by atoms with Crippen LogP contribution in [0.5, 0.6) is 0 Å². The Morgan fingerprint density at radius 1 is 1.22 bits per heavy atom. The minimum atomic E-state index is 0.174. The average Bonchev–Trinajstić information content (AvgIpc) is 2.71. The highest BCUT2D eigenvalue weighted by Crippen LogP contribution is 2.25. The van der Waals surface area contributed by atoms with Crippen molar-refractivity contribution in [3.05, 3.63) is 42.0 Å². The smallest absolute Gasteiger partial charge is 0.0881 e. The number of aromatic nitrogens is 3. The van der Waals surface area contributed by atoms with Gasteiger partial charge in [-0.3, -0.25) is 9.67 Å². The van der Waals surface area contributed by atoms with Gasteiger partial charge in [-0.1, -0.05) is 19.9 Å². The van der Waals surface area contributed by atoms with Gasteiger partial charge in [-0.25, -0.2) is 0 Å². The fraction of sp³-hybridized carbons (Fsp3) is 0.429. The second kappa shape index (κ2) is 5.21. The van der Waals surface area contributed by atoms with E-state index in [9.17, 15) is 0 Å². The zero-order valence-corrected chi connectivity index (χ0v) is 11.4. The summed E-state index contributed by atoms with van der Waals surface area (Å²) in [4.78, 5) is 4.37. The summed E-state index contributed by atoms with van der Waals surface area (Å²) in [6, 6.07) is 6.14. The van der Waals surface area contributed by atoms with Crippen LogP contribution in [0, 0.1) is 0 Å². The summed E-state index contributed by atoms with van der Waals surface area (Å²) >= 11 is 0. The number of anilines is 1. The molecule has 1 unspecified atom stereocenters. The second-order valence-electron chi connectivity index (χ2n) is 4.88. The van der Waals surface area contributed by atoms with Gasteiger partial charge < -0.3 is 5.32 Å². The van der Waals surface area contributed by atoms with Crippen LogP contribution in [0.4, 0.5) is 5.69 Å². The molecular formula is C14H20N4. The number of pyridine rings is 1. The van der Waals surface area contributed by atoms with E-state index in [4.69, 9.17) is 0 Å². The van der Waals surface area contributed by atoms with Crippen molar-refractivity contribution >= 4 is 5.69 Å². The van der Waals surface area contributed by atoms with Gasteiger partial charge in [0, 0.05) is 19.4 Å². The van der Waals surface area contributed by atoms with E-state index < -0.39 is 0 Å². The standard InChI is InChI=1S/C14H20N4/c1-10(2)14-13(9-18(4)17-14)16-11(3)12-7-5-6-8-15-12/h5-11,16H,1-4H3. The molecule has 2 aromatic rings. The predicted molar refractivity (Wildman–Crippen MR) is 73.6 cm³/mol. The molecule has 0 saturated carbocycles. The molecule has 0 amide bonds. The molecule has 0 aliphatic heterocycles. The molecule has 0 bridgehead atoms. The van der Waals surface area contributed by atoms with Gasteiger partial charge in [0.1, 0.15) is 0 Å². The number of aryl methyl sites for hydroxylation is 1. The van der Waals surface area contributed by atoms with Crippen molar-refractivity contribution in [1.29, 1.82) is 0 Å². The van der Waals surface area contributed by atoms with E-state index >= 15 is 0 Å². The molecule has 2 heterocycles. The summed E-state index contributed by atoms with van der Waals surface area (Å²) in [7, 11) is 1.95. The van der Waals surface area contributed by atoms with E-state index in [1.165, 1.54) is 0 Å². The third-order valence-corrected chi connectivity index (χ3v) is 2.91. The average molecular weight is 244 g/mol. The van der Waals surface area contributed by atoms with E-state index in [2.05, 4.69) is 36.2 Å². The first-order valence-electron chi connectivity index (χ1n) is 6.29. The Kier molecular flexibility index (Phi) is 3.65. The quantitative estimate of drug-likeness (QED) is 0.898. The Morgan fingerprint density at radius 2 is 2.00 bits per heavy atom. The molecule has 18 heavy (non-hydrogen) atoms. The maximum atomic E-state index is 4.49. The Balaban J connectivity index is 2.19. The highest BCUT2D eigenvalue weighted by atomic mass is 15.3. The molecule has 0 radical (unpaired) electrons. The highest BCUT2D eigenvalue weighted by Gasteiger charge is 2.14. The molecule has 1 atom stereocenters. The predicted octanol–water partition coefficient (Wildman–Crippen LogP) is 3.11. The lowest BCUT2D eigenvalue weighted by Crippen LogP contribution is -2.09. The van der Waals surface area contributed by atoms with Crippen LogP contribution in [0.1, 0.15) is 44.1 Å². The van der Waals surface area contributed by atoms with Crippen LogP contribution in [0.25, 0.3) is 0 Å². The molecule has 0 aliphatic rings. The zero-order chi connectivity index (χ0) is 13.1. The minimum Gasteiger partial charge on any atom is -0.374 e. The maximum Gasteiger partial charge on any atom is 0.0881 e. The molecule has 4 nitrogen and oxygen atoms in total. The van der Waals surface area contributed by atoms with E-state index in [0.717, 1.165) is 17.1 Å². The fourth-order valence-corrected chi connectivity index (χ4v) is 1.98. The lowest BCUT2D eigenvalue weighted by atomic mass is 10.1. The van der Waals surface area contributed by atoms with Crippen LogP contribution < -0.4 is 5.32 Å². The van der Waals surface area contributed by atoms with Gasteiger partial charge in [-0.05, 0) is 25.0 Å². The first kappa shape index (κ1) is 12.6. The van der Waals surface area contributed by atoms with Gasteiger partial charge in [-0.15, -0.1) is 0 Å². The Labute approximate surface area is 108 Å². The van der Waals surface area contributed by atoms with E-state index in [1.807, 2.05) is 42.3 Å². The third kappa shape index (κ3) is 2.70. The Hall–Kier alpha value is -1.84. The van der Waals surface area contributed by atoms with E-state index in [1.54, 1.807) is 0 Å². The van der Waals surface area contributed by atoms with Crippen molar-refractivity contribution < 1.29 is 0 Å².